The second-order valence-electron chi connectivity index (χ2n) is 4.27. The summed E-state index contributed by atoms with van der Waals surface area (Å²) >= 11 is 5.92. The number of halogens is 1. The Morgan fingerprint density at radius 3 is 2.45 bits per heavy atom. The molecule has 1 aliphatic rings. The van der Waals surface area contributed by atoms with Gasteiger partial charge in [-0.15, -0.1) is 0 Å². The van der Waals surface area contributed by atoms with E-state index in [9.17, 15) is 0 Å². The summed E-state index contributed by atoms with van der Waals surface area (Å²) < 4.78 is 16.8. The van der Waals surface area contributed by atoms with Crippen molar-refractivity contribution in [3.05, 3.63) is 53.1 Å². The third-order valence-corrected chi connectivity index (χ3v) is 3.29. The van der Waals surface area contributed by atoms with Crippen LogP contribution in [-0.4, -0.2) is 30.3 Å². The highest BCUT2D eigenvalue weighted by atomic mass is 35.5. The van der Waals surface area contributed by atoms with E-state index < -0.39 is 5.79 Å². The minimum Gasteiger partial charge on any atom is -0.497 e. The zero-order valence-corrected chi connectivity index (χ0v) is 11.6. The van der Waals surface area contributed by atoms with Crippen molar-refractivity contribution in [3.8, 4) is 5.75 Å². The molecule has 104 valence electrons. The minimum absolute atomic E-state index is 0.300. The summed E-state index contributed by atoms with van der Waals surface area (Å²) in [5, 5.41) is 0.300. The van der Waals surface area contributed by atoms with Gasteiger partial charge in [0, 0.05) is 5.56 Å². The monoisotopic (exact) mass is 292 g/mol. The first kappa shape index (κ1) is 13.3. The van der Waals surface area contributed by atoms with E-state index in [0.717, 1.165) is 11.3 Å². The van der Waals surface area contributed by atoms with Crippen LogP contribution in [0, 0.1) is 0 Å². The molecule has 0 radical (unpaired) electrons. The second-order valence-corrected chi connectivity index (χ2v) is 4.66. The van der Waals surface area contributed by atoms with Crippen molar-refractivity contribution in [2.75, 3.05) is 20.3 Å². The van der Waals surface area contributed by atoms with Crippen LogP contribution in [0.5, 0.6) is 5.75 Å². The van der Waals surface area contributed by atoms with Crippen LogP contribution in [0.15, 0.2) is 36.7 Å². The molecule has 5 nitrogen and oxygen atoms in total. The first-order valence-electron chi connectivity index (χ1n) is 6.15. The quantitative estimate of drug-likeness (QED) is 0.869. The lowest BCUT2D eigenvalue weighted by atomic mass is 10.0. The molecule has 0 aliphatic carbocycles. The summed E-state index contributed by atoms with van der Waals surface area (Å²) in [6.07, 6.45) is 3.07. The van der Waals surface area contributed by atoms with Crippen LogP contribution in [0.1, 0.15) is 11.3 Å². The average molecular weight is 293 g/mol. The SMILES string of the molecule is COc1ccc(C2(c3cncc(Cl)n3)OCCO2)cc1. The van der Waals surface area contributed by atoms with Gasteiger partial charge in [0.05, 0.1) is 32.7 Å². The van der Waals surface area contributed by atoms with Gasteiger partial charge in [-0.2, -0.15) is 0 Å². The summed E-state index contributed by atoms with van der Waals surface area (Å²) in [5.74, 6) is -0.288. The molecule has 0 saturated carbocycles. The van der Waals surface area contributed by atoms with E-state index >= 15 is 0 Å². The van der Waals surface area contributed by atoms with Crippen molar-refractivity contribution in [1.29, 1.82) is 0 Å². The van der Waals surface area contributed by atoms with Gasteiger partial charge in [0.25, 0.3) is 0 Å². The van der Waals surface area contributed by atoms with E-state index in [2.05, 4.69) is 9.97 Å². The smallest absolute Gasteiger partial charge is 0.241 e. The second kappa shape index (κ2) is 5.36. The van der Waals surface area contributed by atoms with E-state index in [-0.39, 0.29) is 0 Å². The van der Waals surface area contributed by atoms with Crippen LogP contribution in [0.4, 0.5) is 0 Å². The lowest BCUT2D eigenvalue weighted by molar-refractivity contribution is -0.133. The number of aromatic nitrogens is 2. The zero-order valence-electron chi connectivity index (χ0n) is 10.9. The summed E-state index contributed by atoms with van der Waals surface area (Å²) in [5.41, 5.74) is 1.36. The first-order chi connectivity index (χ1) is 9.74. The fourth-order valence-corrected chi connectivity index (χ4v) is 2.33. The van der Waals surface area contributed by atoms with Crippen molar-refractivity contribution in [2.24, 2.45) is 0 Å². The molecule has 2 heterocycles. The average Bonchev–Trinajstić information content (AvgIpc) is 2.98. The van der Waals surface area contributed by atoms with Crippen LogP contribution < -0.4 is 4.74 Å². The molecule has 1 fully saturated rings. The highest BCUT2D eigenvalue weighted by Gasteiger charge is 2.42. The Labute approximate surface area is 121 Å². The van der Waals surface area contributed by atoms with Gasteiger partial charge in [-0.05, 0) is 24.3 Å². The molecule has 1 aromatic carbocycles. The number of methoxy groups -OCH3 is 1. The Hall–Kier alpha value is -1.69. The Kier molecular flexibility index (Phi) is 3.56. The maximum Gasteiger partial charge on any atom is 0.241 e. The van der Waals surface area contributed by atoms with Gasteiger partial charge in [0.1, 0.15) is 16.6 Å². The summed E-state index contributed by atoms with van der Waals surface area (Å²) in [4.78, 5) is 8.32. The summed E-state index contributed by atoms with van der Waals surface area (Å²) in [7, 11) is 1.62. The molecular formula is C14H13ClN2O3. The fourth-order valence-electron chi connectivity index (χ4n) is 2.19. The Balaban J connectivity index is 2.07. The molecule has 1 aliphatic heterocycles. The standard InChI is InChI=1S/C14H13ClN2O3/c1-18-11-4-2-10(3-5-11)14(19-6-7-20-14)12-8-16-9-13(15)17-12/h2-5,8-9H,6-7H2,1H3. The lowest BCUT2D eigenvalue weighted by Crippen LogP contribution is -2.30. The van der Waals surface area contributed by atoms with Gasteiger partial charge in [-0.3, -0.25) is 4.98 Å². The van der Waals surface area contributed by atoms with E-state index in [0.29, 0.717) is 24.1 Å². The van der Waals surface area contributed by atoms with Crippen LogP contribution in [0.3, 0.4) is 0 Å². The number of rotatable bonds is 3. The Morgan fingerprint density at radius 2 is 1.85 bits per heavy atom. The number of nitrogens with zero attached hydrogens (tertiary/aromatic N) is 2. The van der Waals surface area contributed by atoms with E-state index in [1.807, 2.05) is 24.3 Å². The third kappa shape index (κ3) is 2.24. The topological polar surface area (TPSA) is 53.5 Å². The lowest BCUT2D eigenvalue weighted by Gasteiger charge is -2.27. The molecule has 0 amide bonds. The molecule has 0 bridgehead atoms. The molecule has 6 heteroatoms. The number of ether oxygens (including phenoxy) is 3. The highest BCUT2D eigenvalue weighted by Crippen LogP contribution is 2.37. The predicted octanol–water partition coefficient (Wildman–Crippen LogP) is 2.39. The van der Waals surface area contributed by atoms with Crippen molar-refractivity contribution >= 4 is 11.6 Å². The van der Waals surface area contributed by atoms with Gasteiger partial charge in [0.15, 0.2) is 0 Å². The zero-order chi connectivity index (χ0) is 14.0. The van der Waals surface area contributed by atoms with Crippen molar-refractivity contribution in [1.82, 2.24) is 9.97 Å². The normalized spacial score (nSPS) is 17.1. The number of benzene rings is 1. The highest BCUT2D eigenvalue weighted by molar-refractivity contribution is 6.29. The van der Waals surface area contributed by atoms with E-state index in [1.54, 1.807) is 13.3 Å². The van der Waals surface area contributed by atoms with Gasteiger partial charge in [0.2, 0.25) is 5.79 Å². The van der Waals surface area contributed by atoms with Crippen molar-refractivity contribution < 1.29 is 14.2 Å². The molecular weight excluding hydrogens is 280 g/mol. The largest absolute Gasteiger partial charge is 0.497 e. The molecule has 1 saturated heterocycles. The molecule has 0 N–H and O–H groups in total. The Morgan fingerprint density at radius 1 is 1.15 bits per heavy atom. The maximum atomic E-state index is 5.92. The third-order valence-electron chi connectivity index (χ3n) is 3.11. The molecule has 2 aromatic rings. The van der Waals surface area contributed by atoms with Gasteiger partial charge in [-0.25, -0.2) is 4.98 Å². The van der Waals surface area contributed by atoms with Crippen LogP contribution in [-0.2, 0) is 15.3 Å². The van der Waals surface area contributed by atoms with Crippen molar-refractivity contribution in [3.63, 3.8) is 0 Å². The number of hydrogen-bond acceptors (Lipinski definition) is 5. The Bertz CT molecular complexity index is 598. The van der Waals surface area contributed by atoms with E-state index in [1.165, 1.54) is 6.20 Å². The minimum atomic E-state index is -1.05. The van der Waals surface area contributed by atoms with Gasteiger partial charge >= 0.3 is 0 Å². The van der Waals surface area contributed by atoms with Crippen LogP contribution >= 0.6 is 11.6 Å². The van der Waals surface area contributed by atoms with Crippen LogP contribution in [0.2, 0.25) is 5.15 Å². The molecule has 0 spiro atoms. The van der Waals surface area contributed by atoms with Crippen molar-refractivity contribution in [2.45, 2.75) is 5.79 Å². The summed E-state index contributed by atoms with van der Waals surface area (Å²) in [6, 6.07) is 7.46. The van der Waals surface area contributed by atoms with Crippen LogP contribution in [0.25, 0.3) is 0 Å². The van der Waals surface area contributed by atoms with Gasteiger partial charge in [-0.1, -0.05) is 11.6 Å². The fraction of sp³-hybridized carbons (Fsp3) is 0.286. The first-order valence-corrected chi connectivity index (χ1v) is 6.53. The number of hydrogen-bond donors (Lipinski definition) is 0. The predicted molar refractivity (Wildman–Crippen MR) is 72.7 cm³/mol. The van der Waals surface area contributed by atoms with E-state index in [4.69, 9.17) is 25.8 Å². The molecule has 0 unspecified atom stereocenters. The molecule has 20 heavy (non-hydrogen) atoms. The molecule has 3 rings (SSSR count). The summed E-state index contributed by atoms with van der Waals surface area (Å²) in [6.45, 7) is 0.973. The molecule has 1 aromatic heterocycles. The van der Waals surface area contributed by atoms with Gasteiger partial charge < -0.3 is 14.2 Å². The maximum absolute atomic E-state index is 5.92. The molecule has 0 atom stereocenters.